The van der Waals surface area contributed by atoms with Gasteiger partial charge in [-0.3, -0.25) is 0 Å². The Labute approximate surface area is 79.8 Å². The molecular formula is C8H18N2O2S. The first-order chi connectivity index (χ1) is 6.03. The van der Waals surface area contributed by atoms with Gasteiger partial charge in [0.25, 0.3) is 0 Å². The average Bonchev–Trinajstić information content (AvgIpc) is 2.41. The predicted octanol–water partition coefficient (Wildman–Crippen LogP) is -0.642. The number of sulfone groups is 1. The van der Waals surface area contributed by atoms with Crippen LogP contribution in [0, 0.1) is 5.92 Å². The Morgan fingerprint density at radius 2 is 2.31 bits per heavy atom. The van der Waals surface area contributed by atoms with Gasteiger partial charge in [-0.15, -0.1) is 0 Å². The summed E-state index contributed by atoms with van der Waals surface area (Å²) in [6.45, 7) is 3.38. The van der Waals surface area contributed by atoms with E-state index in [-0.39, 0.29) is 6.04 Å². The lowest BCUT2D eigenvalue weighted by Crippen LogP contribution is -2.36. The van der Waals surface area contributed by atoms with E-state index in [1.165, 1.54) is 0 Å². The van der Waals surface area contributed by atoms with Gasteiger partial charge in [0.15, 0.2) is 9.84 Å². The highest BCUT2D eigenvalue weighted by Gasteiger charge is 2.27. The molecule has 1 unspecified atom stereocenters. The fourth-order valence-electron chi connectivity index (χ4n) is 1.48. The highest BCUT2D eigenvalue weighted by Crippen LogP contribution is 2.17. The SMILES string of the molecule is C[C@H](CN)NCC1CCS(=O)(=O)C1. The minimum atomic E-state index is -2.72. The van der Waals surface area contributed by atoms with Gasteiger partial charge in [-0.05, 0) is 25.8 Å². The van der Waals surface area contributed by atoms with Crippen molar-refractivity contribution in [2.24, 2.45) is 11.7 Å². The first-order valence-electron chi connectivity index (χ1n) is 4.67. The summed E-state index contributed by atoms with van der Waals surface area (Å²) in [6.07, 6.45) is 0.798. The van der Waals surface area contributed by atoms with Crippen LogP contribution in [0.3, 0.4) is 0 Å². The molecule has 0 saturated carbocycles. The van der Waals surface area contributed by atoms with Crippen LogP contribution >= 0.6 is 0 Å². The van der Waals surface area contributed by atoms with Crippen molar-refractivity contribution in [1.82, 2.24) is 5.32 Å². The van der Waals surface area contributed by atoms with Crippen molar-refractivity contribution in [1.29, 1.82) is 0 Å². The minimum absolute atomic E-state index is 0.281. The topological polar surface area (TPSA) is 72.2 Å². The Morgan fingerprint density at radius 3 is 2.77 bits per heavy atom. The van der Waals surface area contributed by atoms with Crippen LogP contribution in [0.25, 0.3) is 0 Å². The van der Waals surface area contributed by atoms with E-state index in [0.29, 0.717) is 24.0 Å². The second-order valence-electron chi connectivity index (χ2n) is 3.81. The minimum Gasteiger partial charge on any atom is -0.329 e. The third kappa shape index (κ3) is 3.62. The van der Waals surface area contributed by atoms with E-state index in [4.69, 9.17) is 5.73 Å². The van der Waals surface area contributed by atoms with E-state index in [2.05, 4.69) is 5.32 Å². The summed E-state index contributed by atoms with van der Waals surface area (Å²) in [5.74, 6) is 0.993. The molecule has 3 N–H and O–H groups in total. The lowest BCUT2D eigenvalue weighted by molar-refractivity contribution is 0.471. The van der Waals surface area contributed by atoms with Crippen LogP contribution in [0.15, 0.2) is 0 Å². The summed E-state index contributed by atoms with van der Waals surface area (Å²) < 4.78 is 22.2. The lowest BCUT2D eigenvalue weighted by atomic mass is 10.1. The summed E-state index contributed by atoms with van der Waals surface area (Å²) in [6, 6.07) is 0.281. The highest BCUT2D eigenvalue weighted by atomic mass is 32.2. The second-order valence-corrected chi connectivity index (χ2v) is 6.04. The molecule has 13 heavy (non-hydrogen) atoms. The third-order valence-electron chi connectivity index (χ3n) is 2.44. The molecule has 1 fully saturated rings. The molecule has 0 aromatic heterocycles. The van der Waals surface area contributed by atoms with Gasteiger partial charge in [-0.25, -0.2) is 8.42 Å². The first-order valence-corrected chi connectivity index (χ1v) is 6.49. The molecule has 78 valence electrons. The van der Waals surface area contributed by atoms with Crippen molar-refractivity contribution in [3.63, 3.8) is 0 Å². The molecule has 0 amide bonds. The van der Waals surface area contributed by atoms with E-state index in [1.807, 2.05) is 6.92 Å². The van der Waals surface area contributed by atoms with Gasteiger partial charge in [0.2, 0.25) is 0 Å². The van der Waals surface area contributed by atoms with Crippen LogP contribution in [-0.4, -0.2) is 39.1 Å². The largest absolute Gasteiger partial charge is 0.329 e. The molecule has 1 aliphatic rings. The maximum Gasteiger partial charge on any atom is 0.150 e. The molecule has 0 spiro atoms. The summed E-state index contributed by atoms with van der Waals surface area (Å²) in [5.41, 5.74) is 5.43. The zero-order chi connectivity index (χ0) is 9.90. The quantitative estimate of drug-likeness (QED) is 0.641. The van der Waals surface area contributed by atoms with Gasteiger partial charge in [0, 0.05) is 12.6 Å². The molecule has 5 heteroatoms. The van der Waals surface area contributed by atoms with E-state index in [9.17, 15) is 8.42 Å². The normalized spacial score (nSPS) is 28.9. The third-order valence-corrected chi connectivity index (χ3v) is 4.27. The van der Waals surface area contributed by atoms with Crippen LogP contribution in [0.4, 0.5) is 0 Å². The van der Waals surface area contributed by atoms with Crippen molar-refractivity contribution < 1.29 is 8.42 Å². The smallest absolute Gasteiger partial charge is 0.150 e. The van der Waals surface area contributed by atoms with Gasteiger partial charge in [0.05, 0.1) is 11.5 Å². The maximum atomic E-state index is 11.1. The van der Waals surface area contributed by atoms with Crippen molar-refractivity contribution in [3.8, 4) is 0 Å². The summed E-state index contributed by atoms with van der Waals surface area (Å²) in [4.78, 5) is 0. The Balaban J connectivity index is 2.25. The molecule has 1 saturated heterocycles. The van der Waals surface area contributed by atoms with Gasteiger partial charge >= 0.3 is 0 Å². The highest BCUT2D eigenvalue weighted by molar-refractivity contribution is 7.91. The summed E-state index contributed by atoms with van der Waals surface area (Å²) >= 11 is 0. The van der Waals surface area contributed by atoms with E-state index in [1.54, 1.807) is 0 Å². The number of hydrogen-bond donors (Lipinski definition) is 2. The lowest BCUT2D eigenvalue weighted by Gasteiger charge is -2.14. The average molecular weight is 206 g/mol. The molecule has 0 radical (unpaired) electrons. The molecular weight excluding hydrogens is 188 g/mol. The number of nitrogens with one attached hydrogen (secondary N) is 1. The van der Waals surface area contributed by atoms with Gasteiger partial charge in [-0.1, -0.05) is 0 Å². The number of hydrogen-bond acceptors (Lipinski definition) is 4. The molecule has 0 aromatic carbocycles. The Bertz CT molecular complexity index is 251. The van der Waals surface area contributed by atoms with E-state index in [0.717, 1.165) is 13.0 Å². The van der Waals surface area contributed by atoms with Crippen LogP contribution in [-0.2, 0) is 9.84 Å². The molecule has 0 bridgehead atoms. The van der Waals surface area contributed by atoms with E-state index >= 15 is 0 Å². The van der Waals surface area contributed by atoms with Gasteiger partial charge in [0.1, 0.15) is 0 Å². The van der Waals surface area contributed by atoms with Crippen LogP contribution in [0.2, 0.25) is 0 Å². The fraction of sp³-hybridized carbons (Fsp3) is 1.00. The molecule has 1 aliphatic heterocycles. The Morgan fingerprint density at radius 1 is 1.62 bits per heavy atom. The predicted molar refractivity (Wildman–Crippen MR) is 53.3 cm³/mol. The molecule has 0 aromatic rings. The zero-order valence-electron chi connectivity index (χ0n) is 7.99. The summed E-state index contributed by atoms with van der Waals surface area (Å²) in [5, 5.41) is 3.22. The Kier molecular flexibility index (Phi) is 3.70. The summed E-state index contributed by atoms with van der Waals surface area (Å²) in [7, 11) is -2.72. The van der Waals surface area contributed by atoms with Crippen molar-refractivity contribution in [2.75, 3.05) is 24.6 Å². The van der Waals surface area contributed by atoms with E-state index < -0.39 is 9.84 Å². The van der Waals surface area contributed by atoms with Gasteiger partial charge < -0.3 is 11.1 Å². The maximum absolute atomic E-state index is 11.1. The van der Waals surface area contributed by atoms with Crippen molar-refractivity contribution in [2.45, 2.75) is 19.4 Å². The zero-order valence-corrected chi connectivity index (χ0v) is 8.81. The number of nitrogens with two attached hydrogens (primary N) is 1. The van der Waals surface area contributed by atoms with Crippen LogP contribution < -0.4 is 11.1 Å². The van der Waals surface area contributed by atoms with Crippen molar-refractivity contribution >= 4 is 9.84 Å². The fourth-order valence-corrected chi connectivity index (χ4v) is 3.35. The van der Waals surface area contributed by atoms with Crippen LogP contribution in [0.1, 0.15) is 13.3 Å². The van der Waals surface area contributed by atoms with Gasteiger partial charge in [-0.2, -0.15) is 0 Å². The molecule has 1 rings (SSSR count). The molecule has 4 nitrogen and oxygen atoms in total. The molecule has 2 atom stereocenters. The van der Waals surface area contributed by atoms with Crippen molar-refractivity contribution in [3.05, 3.63) is 0 Å². The second kappa shape index (κ2) is 4.39. The number of rotatable bonds is 4. The van der Waals surface area contributed by atoms with Crippen LogP contribution in [0.5, 0.6) is 0 Å². The Hall–Kier alpha value is -0.130. The first kappa shape index (κ1) is 10.9. The monoisotopic (exact) mass is 206 g/mol. The molecule has 1 heterocycles. The molecule has 0 aliphatic carbocycles. The standard InChI is InChI=1S/C8H18N2O2S/c1-7(4-9)10-5-8-2-3-13(11,12)6-8/h7-8,10H,2-6,9H2,1H3/t7-,8?/m1/s1.